The zero-order valence-corrected chi connectivity index (χ0v) is 16.9. The van der Waals surface area contributed by atoms with Crippen LogP contribution in [-0.2, 0) is 6.42 Å². The monoisotopic (exact) mass is 391 g/mol. The number of amides is 2. The highest BCUT2D eigenvalue weighted by Gasteiger charge is 2.26. The molecule has 4 rings (SSSR count). The number of carbonyl (C=O) groups is 2. The minimum Gasteiger partial charge on any atom is -0.337 e. The zero-order chi connectivity index (χ0) is 20.1. The van der Waals surface area contributed by atoms with Crippen molar-refractivity contribution in [1.82, 2.24) is 14.8 Å². The van der Waals surface area contributed by atoms with Gasteiger partial charge in [0.05, 0.1) is 0 Å². The average molecular weight is 392 g/mol. The van der Waals surface area contributed by atoms with Gasteiger partial charge in [-0.25, -0.2) is 4.98 Å². The lowest BCUT2D eigenvalue weighted by Gasteiger charge is -2.32. The van der Waals surface area contributed by atoms with E-state index in [0.717, 1.165) is 58.3 Å². The fourth-order valence-electron chi connectivity index (χ4n) is 4.38. The second-order valence-corrected chi connectivity index (χ2v) is 8.19. The Kier molecular flexibility index (Phi) is 6.23. The maximum Gasteiger partial charge on any atom is 0.272 e. The number of hydrogen-bond donors (Lipinski definition) is 0. The molecule has 2 aliphatic rings. The van der Waals surface area contributed by atoms with Gasteiger partial charge in [-0.2, -0.15) is 0 Å². The first-order valence-corrected chi connectivity index (χ1v) is 10.8. The van der Waals surface area contributed by atoms with Crippen LogP contribution in [0.15, 0.2) is 48.5 Å². The van der Waals surface area contributed by atoms with Gasteiger partial charge in [-0.1, -0.05) is 36.4 Å². The van der Waals surface area contributed by atoms with Crippen LogP contribution >= 0.6 is 0 Å². The Bertz CT molecular complexity index is 838. The molecule has 2 fully saturated rings. The van der Waals surface area contributed by atoms with E-state index in [2.05, 4.69) is 29.2 Å². The summed E-state index contributed by atoms with van der Waals surface area (Å²) in [4.78, 5) is 33.8. The highest BCUT2D eigenvalue weighted by atomic mass is 16.2. The Balaban J connectivity index is 1.35. The molecule has 3 heterocycles. The summed E-state index contributed by atoms with van der Waals surface area (Å²) in [6, 6.07) is 15.8. The Hall–Kier alpha value is -2.69. The van der Waals surface area contributed by atoms with E-state index < -0.39 is 0 Å². The van der Waals surface area contributed by atoms with Crippen molar-refractivity contribution in [1.29, 1.82) is 0 Å². The minimum atomic E-state index is -0.0588. The summed E-state index contributed by atoms with van der Waals surface area (Å²) in [7, 11) is 0. The van der Waals surface area contributed by atoms with Gasteiger partial charge in [0.2, 0.25) is 0 Å². The van der Waals surface area contributed by atoms with Crippen LogP contribution in [0.4, 0.5) is 0 Å². The molecule has 0 aliphatic carbocycles. The van der Waals surface area contributed by atoms with Crippen LogP contribution < -0.4 is 0 Å². The summed E-state index contributed by atoms with van der Waals surface area (Å²) < 4.78 is 0. The lowest BCUT2D eigenvalue weighted by Crippen LogP contribution is -2.40. The highest BCUT2D eigenvalue weighted by Crippen LogP contribution is 2.23. The fraction of sp³-hybridized carbons (Fsp3) is 0.458. The topological polar surface area (TPSA) is 53.5 Å². The molecule has 29 heavy (non-hydrogen) atoms. The molecule has 2 aliphatic heterocycles. The number of carbonyl (C=O) groups excluding carboxylic acids is 2. The van der Waals surface area contributed by atoms with E-state index in [4.69, 9.17) is 0 Å². The number of rotatable bonds is 4. The van der Waals surface area contributed by atoms with Gasteiger partial charge in [-0.05, 0) is 62.1 Å². The largest absolute Gasteiger partial charge is 0.337 e. The van der Waals surface area contributed by atoms with E-state index >= 15 is 0 Å². The van der Waals surface area contributed by atoms with E-state index in [0.29, 0.717) is 17.3 Å². The normalized spacial score (nSPS) is 17.9. The van der Waals surface area contributed by atoms with Crippen molar-refractivity contribution < 1.29 is 9.59 Å². The van der Waals surface area contributed by atoms with Crippen molar-refractivity contribution in [3.63, 3.8) is 0 Å². The summed E-state index contributed by atoms with van der Waals surface area (Å²) in [5.74, 6) is 0.499. The lowest BCUT2D eigenvalue weighted by molar-refractivity contribution is 0.0683. The first-order valence-electron chi connectivity index (χ1n) is 10.8. The van der Waals surface area contributed by atoms with Gasteiger partial charge < -0.3 is 9.80 Å². The number of likely N-dealkylation sites (tertiary alicyclic amines) is 2. The molecule has 5 nitrogen and oxygen atoms in total. The average Bonchev–Trinajstić information content (AvgIpc) is 2.80. The summed E-state index contributed by atoms with van der Waals surface area (Å²) in [6.45, 7) is 3.08. The number of piperidine rings is 2. The lowest BCUT2D eigenvalue weighted by atomic mass is 9.90. The predicted octanol–water partition coefficient (Wildman–Crippen LogP) is 3.80. The Morgan fingerprint density at radius 1 is 0.759 bits per heavy atom. The second kappa shape index (κ2) is 9.21. The van der Waals surface area contributed by atoms with E-state index in [9.17, 15) is 9.59 Å². The van der Waals surface area contributed by atoms with E-state index in [-0.39, 0.29) is 11.8 Å². The molecule has 2 amide bonds. The summed E-state index contributed by atoms with van der Waals surface area (Å²) >= 11 is 0. The summed E-state index contributed by atoms with van der Waals surface area (Å²) in [5.41, 5.74) is 2.13. The molecule has 0 spiro atoms. The van der Waals surface area contributed by atoms with Crippen molar-refractivity contribution >= 4 is 11.8 Å². The van der Waals surface area contributed by atoms with Gasteiger partial charge in [0.1, 0.15) is 11.4 Å². The number of benzene rings is 1. The number of pyridine rings is 1. The van der Waals surface area contributed by atoms with Crippen molar-refractivity contribution in [3.05, 3.63) is 65.5 Å². The molecule has 0 bridgehead atoms. The van der Waals surface area contributed by atoms with Crippen LogP contribution in [0, 0.1) is 5.92 Å². The van der Waals surface area contributed by atoms with Crippen LogP contribution in [-0.4, -0.2) is 52.8 Å². The number of hydrogen-bond acceptors (Lipinski definition) is 3. The predicted molar refractivity (Wildman–Crippen MR) is 113 cm³/mol. The molecule has 0 N–H and O–H groups in total. The third-order valence-corrected chi connectivity index (χ3v) is 6.10. The van der Waals surface area contributed by atoms with Crippen molar-refractivity contribution in [2.45, 2.75) is 38.5 Å². The van der Waals surface area contributed by atoms with E-state index in [1.165, 1.54) is 12.0 Å². The summed E-state index contributed by atoms with van der Waals surface area (Å²) in [5, 5.41) is 0. The maximum atomic E-state index is 13.0. The SMILES string of the molecule is O=C(c1cccc(C(=O)N2CCC(Cc3ccccc3)CC2)n1)N1CCCCC1. The Labute approximate surface area is 172 Å². The third-order valence-electron chi connectivity index (χ3n) is 6.10. The molecule has 152 valence electrons. The molecule has 0 atom stereocenters. The molecular formula is C24H29N3O2. The van der Waals surface area contributed by atoms with E-state index in [1.54, 1.807) is 18.2 Å². The number of aromatic nitrogens is 1. The van der Waals surface area contributed by atoms with Crippen LogP contribution in [0.5, 0.6) is 0 Å². The summed E-state index contributed by atoms with van der Waals surface area (Å²) in [6.07, 6.45) is 6.35. The molecule has 0 unspecified atom stereocenters. The zero-order valence-electron chi connectivity index (χ0n) is 16.9. The van der Waals surface area contributed by atoms with Crippen LogP contribution in [0.3, 0.4) is 0 Å². The molecule has 1 aromatic carbocycles. The van der Waals surface area contributed by atoms with Gasteiger partial charge in [0.15, 0.2) is 0 Å². The number of nitrogens with zero attached hydrogens (tertiary/aromatic N) is 3. The van der Waals surface area contributed by atoms with Crippen molar-refractivity contribution in [2.24, 2.45) is 5.92 Å². The molecule has 2 saturated heterocycles. The van der Waals surface area contributed by atoms with Crippen LogP contribution in [0.2, 0.25) is 0 Å². The van der Waals surface area contributed by atoms with Crippen LogP contribution in [0.25, 0.3) is 0 Å². The fourth-order valence-corrected chi connectivity index (χ4v) is 4.38. The first kappa shape index (κ1) is 19.6. The molecule has 0 radical (unpaired) electrons. The molecule has 1 aromatic heterocycles. The first-order chi connectivity index (χ1) is 14.2. The second-order valence-electron chi connectivity index (χ2n) is 8.19. The smallest absolute Gasteiger partial charge is 0.272 e. The standard InChI is InChI=1S/C24H29N3O2/c28-23(26-14-5-2-6-15-26)21-10-7-11-22(25-21)24(29)27-16-12-20(13-17-27)18-19-8-3-1-4-9-19/h1,3-4,7-11,20H,2,5-6,12-18H2. The van der Waals surface area contributed by atoms with Gasteiger partial charge >= 0.3 is 0 Å². The Morgan fingerprint density at radius 3 is 1.97 bits per heavy atom. The molecular weight excluding hydrogens is 362 g/mol. The van der Waals surface area contributed by atoms with Crippen LogP contribution in [0.1, 0.15) is 58.6 Å². The molecule has 5 heteroatoms. The Morgan fingerprint density at radius 2 is 1.34 bits per heavy atom. The van der Waals surface area contributed by atoms with Gasteiger partial charge in [-0.15, -0.1) is 0 Å². The molecule has 2 aromatic rings. The van der Waals surface area contributed by atoms with Crippen molar-refractivity contribution in [2.75, 3.05) is 26.2 Å². The van der Waals surface area contributed by atoms with Gasteiger partial charge in [0, 0.05) is 26.2 Å². The van der Waals surface area contributed by atoms with Gasteiger partial charge in [-0.3, -0.25) is 9.59 Å². The van der Waals surface area contributed by atoms with Gasteiger partial charge in [0.25, 0.3) is 11.8 Å². The molecule has 0 saturated carbocycles. The minimum absolute atomic E-state index is 0.0547. The van der Waals surface area contributed by atoms with E-state index in [1.807, 2.05) is 15.9 Å². The third kappa shape index (κ3) is 4.84. The maximum absolute atomic E-state index is 13.0. The highest BCUT2D eigenvalue weighted by molar-refractivity contribution is 5.96. The quantitative estimate of drug-likeness (QED) is 0.797. The van der Waals surface area contributed by atoms with Crippen molar-refractivity contribution in [3.8, 4) is 0 Å².